The summed E-state index contributed by atoms with van der Waals surface area (Å²) in [5.41, 5.74) is 11.4. The Hall–Kier alpha value is -0.740. The van der Waals surface area contributed by atoms with E-state index in [0.717, 1.165) is 0 Å². The first kappa shape index (κ1) is 16.6. The van der Waals surface area contributed by atoms with Gasteiger partial charge in [0.1, 0.15) is 0 Å². The van der Waals surface area contributed by atoms with Gasteiger partial charge in [-0.15, -0.1) is 0 Å². The van der Waals surface area contributed by atoms with Crippen LogP contribution in [0.15, 0.2) is 0 Å². The minimum absolute atomic E-state index is 0.120. The van der Waals surface area contributed by atoms with E-state index in [1.807, 2.05) is 6.92 Å². The quantitative estimate of drug-likeness (QED) is 0.622. The molecule has 1 amide bonds. The highest BCUT2D eigenvalue weighted by Crippen LogP contribution is 2.24. The lowest BCUT2D eigenvalue weighted by atomic mass is 10.1. The van der Waals surface area contributed by atoms with E-state index in [1.165, 1.54) is 8.61 Å². The van der Waals surface area contributed by atoms with Gasteiger partial charge < -0.3 is 16.4 Å². The molecular formula is C12H25N5O3S. The molecule has 4 N–H and O–H groups in total. The van der Waals surface area contributed by atoms with Gasteiger partial charge in [0, 0.05) is 39.3 Å². The Kier molecular flexibility index (Phi) is 4.60. The second kappa shape index (κ2) is 5.81. The van der Waals surface area contributed by atoms with E-state index in [9.17, 15) is 13.2 Å². The van der Waals surface area contributed by atoms with Crippen molar-refractivity contribution in [1.29, 1.82) is 0 Å². The summed E-state index contributed by atoms with van der Waals surface area (Å²) < 4.78 is 27.9. The summed E-state index contributed by atoms with van der Waals surface area (Å²) in [6, 6.07) is -0.860. The first-order valence-corrected chi connectivity index (χ1v) is 8.57. The Morgan fingerprint density at radius 3 is 2.29 bits per heavy atom. The summed E-state index contributed by atoms with van der Waals surface area (Å²) in [7, 11) is -1.96. The Bertz CT molecular complexity index is 493. The smallest absolute Gasteiger partial charge is 0.282 e. The molecule has 0 saturated carbocycles. The second-order valence-electron chi connectivity index (χ2n) is 6.17. The fourth-order valence-corrected chi connectivity index (χ4v) is 4.32. The summed E-state index contributed by atoms with van der Waals surface area (Å²) in [6.07, 6.45) is 0. The van der Waals surface area contributed by atoms with E-state index in [-0.39, 0.29) is 23.9 Å². The lowest BCUT2D eigenvalue weighted by Gasteiger charge is -2.44. The number of hydrogen-bond donors (Lipinski definition) is 2. The third-order valence-corrected chi connectivity index (χ3v) is 6.38. The number of carbonyl (C=O) groups is 1. The zero-order valence-corrected chi connectivity index (χ0v) is 13.6. The summed E-state index contributed by atoms with van der Waals surface area (Å²) >= 11 is 0. The van der Waals surface area contributed by atoms with Crippen LogP contribution in [0.5, 0.6) is 0 Å². The molecule has 3 atom stereocenters. The van der Waals surface area contributed by atoms with Crippen molar-refractivity contribution < 1.29 is 13.2 Å². The summed E-state index contributed by atoms with van der Waals surface area (Å²) in [4.78, 5) is 13.3. The predicted octanol–water partition coefficient (Wildman–Crippen LogP) is -2.00. The van der Waals surface area contributed by atoms with Crippen LogP contribution in [0.4, 0.5) is 0 Å². The minimum atomic E-state index is -3.52. The van der Waals surface area contributed by atoms with E-state index in [4.69, 9.17) is 11.5 Å². The zero-order chi connectivity index (χ0) is 15.9. The molecule has 2 heterocycles. The molecule has 2 aliphatic rings. The maximum absolute atomic E-state index is 12.5. The largest absolute Gasteiger partial charge is 0.338 e. The van der Waals surface area contributed by atoms with Crippen molar-refractivity contribution >= 4 is 16.1 Å². The molecule has 0 aliphatic carbocycles. The number of rotatable bonds is 4. The van der Waals surface area contributed by atoms with E-state index >= 15 is 0 Å². The van der Waals surface area contributed by atoms with Gasteiger partial charge >= 0.3 is 0 Å². The monoisotopic (exact) mass is 319 g/mol. The van der Waals surface area contributed by atoms with E-state index in [0.29, 0.717) is 26.2 Å². The number of nitrogens with zero attached hydrogens (tertiary/aromatic N) is 3. The standard InChI is InChI=1S/C12H25N5O3S/c1-8-4-17(7-11(8)14)21(19,20)15(3)10-5-16(6-10)12(18)9(2)13/h8-11H,4-7,13-14H2,1-3H3/t8-,9-,11-/m0/s1. The molecule has 0 unspecified atom stereocenters. The Morgan fingerprint density at radius 2 is 1.86 bits per heavy atom. The van der Waals surface area contributed by atoms with Crippen molar-refractivity contribution in [2.24, 2.45) is 17.4 Å². The fraction of sp³-hybridized carbons (Fsp3) is 0.917. The van der Waals surface area contributed by atoms with Gasteiger partial charge in [-0.25, -0.2) is 0 Å². The molecule has 21 heavy (non-hydrogen) atoms. The molecule has 0 radical (unpaired) electrons. The van der Waals surface area contributed by atoms with Crippen LogP contribution < -0.4 is 11.5 Å². The highest BCUT2D eigenvalue weighted by molar-refractivity contribution is 7.86. The number of carbonyl (C=O) groups excluding carboxylic acids is 1. The van der Waals surface area contributed by atoms with Crippen molar-refractivity contribution in [2.75, 3.05) is 33.2 Å². The first-order valence-electron chi connectivity index (χ1n) is 7.17. The molecule has 2 fully saturated rings. The molecule has 0 aromatic heterocycles. The molecule has 0 aromatic rings. The number of likely N-dealkylation sites (tertiary alicyclic amines) is 1. The highest BCUT2D eigenvalue weighted by atomic mass is 32.2. The first-order chi connectivity index (χ1) is 9.64. The molecule has 9 heteroatoms. The van der Waals surface area contributed by atoms with Gasteiger partial charge in [0.05, 0.1) is 12.1 Å². The maximum Gasteiger partial charge on any atom is 0.282 e. The normalized spacial score (nSPS) is 29.7. The molecule has 2 aliphatic heterocycles. The Morgan fingerprint density at radius 1 is 1.29 bits per heavy atom. The third-order valence-electron chi connectivity index (χ3n) is 4.40. The number of hydrogen-bond acceptors (Lipinski definition) is 5. The summed E-state index contributed by atoms with van der Waals surface area (Å²) in [6.45, 7) is 5.17. The van der Waals surface area contributed by atoms with Crippen molar-refractivity contribution in [3.05, 3.63) is 0 Å². The zero-order valence-electron chi connectivity index (χ0n) is 12.8. The lowest BCUT2D eigenvalue weighted by Crippen LogP contribution is -2.64. The summed E-state index contributed by atoms with van der Waals surface area (Å²) in [5.74, 6) is 0.0135. The molecule has 0 aromatic carbocycles. The van der Waals surface area contributed by atoms with Crippen LogP contribution in [0, 0.1) is 5.92 Å². The van der Waals surface area contributed by atoms with Crippen molar-refractivity contribution in [1.82, 2.24) is 13.5 Å². The van der Waals surface area contributed by atoms with E-state index in [1.54, 1.807) is 18.9 Å². The van der Waals surface area contributed by atoms with Crippen LogP contribution in [0.3, 0.4) is 0 Å². The number of nitrogens with two attached hydrogens (primary N) is 2. The maximum atomic E-state index is 12.5. The third kappa shape index (κ3) is 3.07. The molecule has 2 saturated heterocycles. The molecule has 122 valence electrons. The van der Waals surface area contributed by atoms with Gasteiger partial charge in [0.15, 0.2) is 0 Å². The predicted molar refractivity (Wildman–Crippen MR) is 79.4 cm³/mol. The van der Waals surface area contributed by atoms with Crippen LogP contribution in [0.1, 0.15) is 13.8 Å². The Labute approximate surface area is 126 Å². The van der Waals surface area contributed by atoms with E-state index in [2.05, 4.69) is 0 Å². The lowest BCUT2D eigenvalue weighted by molar-refractivity contribution is -0.138. The Balaban J connectivity index is 1.95. The average Bonchev–Trinajstić information content (AvgIpc) is 2.68. The van der Waals surface area contributed by atoms with Gasteiger partial charge in [0.25, 0.3) is 10.2 Å². The van der Waals surface area contributed by atoms with Crippen LogP contribution in [0.2, 0.25) is 0 Å². The molecular weight excluding hydrogens is 294 g/mol. The van der Waals surface area contributed by atoms with Gasteiger partial charge in [-0.3, -0.25) is 4.79 Å². The van der Waals surface area contributed by atoms with Gasteiger partial charge in [0.2, 0.25) is 5.91 Å². The molecule has 0 spiro atoms. The van der Waals surface area contributed by atoms with Gasteiger partial charge in [-0.1, -0.05) is 6.92 Å². The number of likely N-dealkylation sites (N-methyl/N-ethyl adjacent to an activating group) is 1. The minimum Gasteiger partial charge on any atom is -0.338 e. The SMILES string of the molecule is C[C@H](N)C(=O)N1CC(N(C)S(=O)(=O)N2C[C@H](C)[C@@H](N)C2)C1. The second-order valence-corrected chi connectivity index (χ2v) is 8.16. The van der Waals surface area contributed by atoms with E-state index < -0.39 is 16.3 Å². The average molecular weight is 319 g/mol. The number of amides is 1. The highest BCUT2D eigenvalue weighted by Gasteiger charge is 2.43. The van der Waals surface area contributed by atoms with Crippen LogP contribution in [-0.4, -0.2) is 79.2 Å². The fourth-order valence-electron chi connectivity index (χ4n) is 2.66. The topological polar surface area (TPSA) is 113 Å². The van der Waals surface area contributed by atoms with Gasteiger partial charge in [-0.2, -0.15) is 17.0 Å². The van der Waals surface area contributed by atoms with Gasteiger partial charge in [-0.05, 0) is 12.8 Å². The molecule has 8 nitrogen and oxygen atoms in total. The van der Waals surface area contributed by atoms with Crippen LogP contribution in [0.25, 0.3) is 0 Å². The van der Waals surface area contributed by atoms with Crippen LogP contribution >= 0.6 is 0 Å². The van der Waals surface area contributed by atoms with Crippen molar-refractivity contribution in [3.8, 4) is 0 Å². The molecule has 0 bridgehead atoms. The van der Waals surface area contributed by atoms with Crippen molar-refractivity contribution in [3.63, 3.8) is 0 Å². The summed E-state index contributed by atoms with van der Waals surface area (Å²) in [5, 5.41) is 0. The molecule has 2 rings (SSSR count). The van der Waals surface area contributed by atoms with Crippen molar-refractivity contribution in [2.45, 2.75) is 32.0 Å². The van der Waals surface area contributed by atoms with Crippen LogP contribution in [-0.2, 0) is 15.0 Å².